The van der Waals surface area contributed by atoms with Crippen LogP contribution in [-0.2, 0) is 13.0 Å². The van der Waals surface area contributed by atoms with Gasteiger partial charge in [-0.1, -0.05) is 35.8 Å². The summed E-state index contributed by atoms with van der Waals surface area (Å²) in [6.45, 7) is 5.14. The van der Waals surface area contributed by atoms with Crippen molar-refractivity contribution in [3.8, 4) is 6.07 Å². The van der Waals surface area contributed by atoms with Crippen LogP contribution in [0.25, 0.3) is 10.9 Å². The lowest BCUT2D eigenvalue weighted by molar-refractivity contribution is 0.735. The Morgan fingerprint density at radius 3 is 2.82 bits per heavy atom. The Balaban J connectivity index is 2.59. The Morgan fingerprint density at radius 2 is 2.18 bits per heavy atom. The second-order valence-electron chi connectivity index (χ2n) is 4.49. The zero-order chi connectivity index (χ0) is 12.4. The number of rotatable bonds is 3. The van der Waals surface area contributed by atoms with E-state index in [1.165, 1.54) is 16.8 Å². The second kappa shape index (κ2) is 4.93. The summed E-state index contributed by atoms with van der Waals surface area (Å²) in [6, 6.07) is 8.44. The van der Waals surface area contributed by atoms with Crippen LogP contribution in [0.5, 0.6) is 0 Å². The Labute approximate surface area is 110 Å². The minimum atomic E-state index is 0.466. The highest BCUT2D eigenvalue weighted by Gasteiger charge is 2.09. The largest absolute Gasteiger partial charge is 0.347 e. The van der Waals surface area contributed by atoms with Crippen molar-refractivity contribution < 1.29 is 0 Å². The standard InChI is InChI=1S/C14H14BrN2/c1-10(2)8-17-9-11(5-6-16)13-4-3-12(15)7-14(13)17/h3-4,7,9H,5,8H2,1-2H3. The van der Waals surface area contributed by atoms with Crippen LogP contribution in [0.3, 0.4) is 0 Å². The molecule has 3 heteroatoms. The maximum atomic E-state index is 8.85. The number of hydrogen-bond acceptors (Lipinski definition) is 1. The maximum absolute atomic E-state index is 8.85. The molecule has 1 aromatic carbocycles. The van der Waals surface area contributed by atoms with Gasteiger partial charge in [0.05, 0.1) is 12.5 Å². The average molecular weight is 290 g/mol. The van der Waals surface area contributed by atoms with E-state index in [2.05, 4.69) is 58.7 Å². The molecule has 0 saturated heterocycles. The van der Waals surface area contributed by atoms with Crippen LogP contribution in [0.2, 0.25) is 0 Å². The summed E-state index contributed by atoms with van der Waals surface area (Å²) in [5.41, 5.74) is 2.29. The van der Waals surface area contributed by atoms with Crippen molar-refractivity contribution in [1.82, 2.24) is 4.57 Å². The van der Waals surface area contributed by atoms with E-state index in [4.69, 9.17) is 5.26 Å². The van der Waals surface area contributed by atoms with Crippen LogP contribution in [0.15, 0.2) is 28.9 Å². The molecule has 0 aliphatic heterocycles. The quantitative estimate of drug-likeness (QED) is 0.837. The predicted octanol–water partition coefficient (Wildman–Crippen LogP) is 4.08. The van der Waals surface area contributed by atoms with Gasteiger partial charge in [-0.2, -0.15) is 5.26 Å². The van der Waals surface area contributed by atoms with Gasteiger partial charge in [0.15, 0.2) is 0 Å². The third kappa shape index (κ3) is 2.53. The predicted molar refractivity (Wildman–Crippen MR) is 73.5 cm³/mol. The van der Waals surface area contributed by atoms with Gasteiger partial charge >= 0.3 is 0 Å². The van der Waals surface area contributed by atoms with Crippen molar-refractivity contribution in [2.45, 2.75) is 26.8 Å². The van der Waals surface area contributed by atoms with Crippen molar-refractivity contribution in [3.63, 3.8) is 0 Å². The third-order valence-corrected chi connectivity index (χ3v) is 3.18. The van der Waals surface area contributed by atoms with Crippen LogP contribution in [0.1, 0.15) is 19.4 Å². The first-order chi connectivity index (χ1) is 8.11. The van der Waals surface area contributed by atoms with E-state index < -0.39 is 0 Å². The Morgan fingerprint density at radius 1 is 1.41 bits per heavy atom. The van der Waals surface area contributed by atoms with E-state index in [-0.39, 0.29) is 0 Å². The molecule has 0 saturated carbocycles. The second-order valence-corrected chi connectivity index (χ2v) is 5.40. The number of hydrogen-bond donors (Lipinski definition) is 0. The molecule has 0 unspecified atom stereocenters. The third-order valence-electron chi connectivity index (χ3n) is 2.68. The smallest absolute Gasteiger partial charge is 0.0670 e. The number of nitrogens with zero attached hydrogens (tertiary/aromatic N) is 2. The molecule has 0 fully saturated rings. The van der Waals surface area contributed by atoms with Crippen LogP contribution in [0.4, 0.5) is 0 Å². The lowest BCUT2D eigenvalue weighted by Crippen LogP contribution is -2.00. The molecule has 1 radical (unpaired) electrons. The first-order valence-corrected chi connectivity index (χ1v) is 6.34. The molecule has 0 bridgehead atoms. The molecule has 0 spiro atoms. The van der Waals surface area contributed by atoms with Crippen molar-refractivity contribution in [2.75, 3.05) is 0 Å². The van der Waals surface area contributed by atoms with E-state index >= 15 is 0 Å². The van der Waals surface area contributed by atoms with Gasteiger partial charge in [0.2, 0.25) is 0 Å². The lowest BCUT2D eigenvalue weighted by atomic mass is 10.1. The van der Waals surface area contributed by atoms with Crippen LogP contribution in [-0.4, -0.2) is 4.57 Å². The Kier molecular flexibility index (Phi) is 3.54. The molecular formula is C14H14BrN2. The molecule has 2 rings (SSSR count). The molecule has 17 heavy (non-hydrogen) atoms. The number of halogens is 1. The van der Waals surface area contributed by atoms with Gasteiger partial charge in [-0.3, -0.25) is 0 Å². The number of nitriles is 1. The Bertz CT molecular complexity index is 576. The molecule has 0 aliphatic rings. The maximum Gasteiger partial charge on any atom is 0.0670 e. The van der Waals surface area contributed by atoms with Crippen LogP contribution < -0.4 is 0 Å². The fourth-order valence-corrected chi connectivity index (χ4v) is 2.39. The fraction of sp³-hybridized carbons (Fsp3) is 0.286. The minimum Gasteiger partial charge on any atom is -0.347 e. The van der Waals surface area contributed by atoms with E-state index in [0.29, 0.717) is 6.42 Å². The summed E-state index contributed by atoms with van der Waals surface area (Å²) in [4.78, 5) is 0. The first kappa shape index (κ1) is 12.2. The highest BCUT2D eigenvalue weighted by molar-refractivity contribution is 9.10. The van der Waals surface area contributed by atoms with Crippen molar-refractivity contribution in [3.05, 3.63) is 40.4 Å². The van der Waals surface area contributed by atoms with Crippen molar-refractivity contribution >= 4 is 26.8 Å². The van der Waals surface area contributed by atoms with E-state index in [1.807, 2.05) is 6.07 Å². The van der Waals surface area contributed by atoms with Gasteiger partial charge in [-0.15, -0.1) is 0 Å². The van der Waals surface area contributed by atoms with Gasteiger partial charge in [-0.05, 0) is 23.6 Å². The van der Waals surface area contributed by atoms with E-state index in [9.17, 15) is 0 Å². The first-order valence-electron chi connectivity index (χ1n) is 5.55. The van der Waals surface area contributed by atoms with E-state index in [1.54, 1.807) is 0 Å². The van der Waals surface area contributed by atoms with Crippen LogP contribution >= 0.6 is 15.9 Å². The molecule has 1 heterocycles. The number of benzene rings is 1. The lowest BCUT2D eigenvalue weighted by Gasteiger charge is -2.07. The molecule has 0 amide bonds. The van der Waals surface area contributed by atoms with Gasteiger partial charge in [0.1, 0.15) is 0 Å². The minimum absolute atomic E-state index is 0.466. The summed E-state index contributed by atoms with van der Waals surface area (Å²) in [7, 11) is 0. The van der Waals surface area contributed by atoms with Gasteiger partial charge < -0.3 is 4.57 Å². The summed E-state index contributed by atoms with van der Waals surface area (Å²) < 4.78 is 3.28. The monoisotopic (exact) mass is 289 g/mol. The molecule has 0 atom stereocenters. The summed E-state index contributed by atoms with van der Waals surface area (Å²) in [5, 5.41) is 10.0. The van der Waals surface area contributed by atoms with Crippen molar-refractivity contribution in [1.29, 1.82) is 5.26 Å². The summed E-state index contributed by atoms with van der Waals surface area (Å²) >= 11 is 3.50. The molecule has 2 aromatic rings. The Hall–Kier alpha value is -1.27. The molecule has 87 valence electrons. The molecular weight excluding hydrogens is 276 g/mol. The highest BCUT2D eigenvalue weighted by atomic mass is 79.9. The van der Waals surface area contributed by atoms with Crippen molar-refractivity contribution in [2.24, 2.45) is 0 Å². The van der Waals surface area contributed by atoms with Gasteiger partial charge in [0, 0.05) is 28.1 Å². The zero-order valence-corrected chi connectivity index (χ0v) is 11.6. The van der Waals surface area contributed by atoms with Crippen LogP contribution in [0, 0.1) is 17.2 Å². The van der Waals surface area contributed by atoms with Gasteiger partial charge in [-0.25, -0.2) is 0 Å². The van der Waals surface area contributed by atoms with E-state index in [0.717, 1.165) is 16.6 Å². The number of fused-ring (bicyclic) bond motifs is 1. The van der Waals surface area contributed by atoms with Gasteiger partial charge in [0.25, 0.3) is 0 Å². The summed E-state index contributed by atoms with van der Waals surface area (Å²) in [6.07, 6.45) is 2.56. The molecule has 0 N–H and O–H groups in total. The fourth-order valence-electron chi connectivity index (χ4n) is 2.04. The molecule has 2 nitrogen and oxygen atoms in total. The zero-order valence-electron chi connectivity index (χ0n) is 10.00. The summed E-state index contributed by atoms with van der Waals surface area (Å²) in [5.74, 6) is 1.35. The molecule has 1 aromatic heterocycles. The normalized spacial score (nSPS) is 11.0. The highest BCUT2D eigenvalue weighted by Crippen LogP contribution is 2.26. The topological polar surface area (TPSA) is 28.7 Å². The molecule has 0 aliphatic carbocycles. The number of aromatic nitrogens is 1. The average Bonchev–Trinajstić information content (AvgIpc) is 2.56. The SMILES string of the molecule is C[C](C)Cn1cc(CC#N)c2ccc(Br)cc21.